The van der Waals surface area contributed by atoms with Gasteiger partial charge in [0.2, 0.25) is 5.91 Å². The Hall–Kier alpha value is -2.38. The van der Waals surface area contributed by atoms with Gasteiger partial charge < -0.3 is 14.8 Å². The Kier molecular flexibility index (Phi) is 7.60. The van der Waals surface area contributed by atoms with Crippen LogP contribution in [0.1, 0.15) is 37.2 Å². The molecule has 2 rings (SSSR count). The maximum atomic E-state index is 15.1. The predicted octanol–water partition coefficient (Wildman–Crippen LogP) is 5.12. The number of methoxy groups -OCH3 is 1. The zero-order chi connectivity index (χ0) is 20.8. The third-order valence-electron chi connectivity index (χ3n) is 3.72. The van der Waals surface area contributed by atoms with E-state index >= 15 is 4.39 Å². The van der Waals surface area contributed by atoms with Gasteiger partial charge in [-0.3, -0.25) is 4.79 Å². The number of hydrogen-bond acceptors (Lipinski definition) is 5. The minimum Gasteiger partial charge on any atom is -0.489 e. The van der Waals surface area contributed by atoms with Crippen molar-refractivity contribution in [1.29, 1.82) is 0 Å². The molecule has 0 radical (unpaired) electrons. The van der Waals surface area contributed by atoms with Gasteiger partial charge in [0.25, 0.3) is 0 Å². The standard InChI is InChI=1S/C19H19Cl2FN2O4/c1-4-5-8-28-18-12(20)7-6-11(16(18)22)13-9-14(23-10(2)25)15(21)17(24-13)19(26)27-3/h6-7,9H,4-5,8H2,1-3H3,(H,23,24,25). The number of ether oxygens (including phenoxy) is 2. The molecule has 9 heteroatoms. The number of halogens is 3. The second-order valence-corrected chi connectivity index (χ2v) is 6.62. The van der Waals surface area contributed by atoms with Gasteiger partial charge in [-0.05, 0) is 24.6 Å². The van der Waals surface area contributed by atoms with Crippen LogP contribution in [0.2, 0.25) is 10.0 Å². The zero-order valence-corrected chi connectivity index (χ0v) is 17.1. The summed E-state index contributed by atoms with van der Waals surface area (Å²) in [6.07, 6.45) is 1.61. The Balaban J connectivity index is 2.61. The lowest BCUT2D eigenvalue weighted by Crippen LogP contribution is -2.12. The molecule has 0 unspecified atom stereocenters. The van der Waals surface area contributed by atoms with Crippen molar-refractivity contribution < 1.29 is 23.5 Å². The molecule has 1 aromatic heterocycles. The SMILES string of the molecule is CCCCOc1c(Cl)ccc(-c2cc(NC(C)=O)c(Cl)c(C(=O)OC)n2)c1F. The topological polar surface area (TPSA) is 77.5 Å². The number of anilines is 1. The van der Waals surface area contributed by atoms with Gasteiger partial charge in [0, 0.05) is 12.5 Å². The Morgan fingerprint density at radius 3 is 2.61 bits per heavy atom. The lowest BCUT2D eigenvalue weighted by Gasteiger charge is -2.14. The second-order valence-electron chi connectivity index (χ2n) is 5.83. The Morgan fingerprint density at radius 2 is 2.00 bits per heavy atom. The highest BCUT2D eigenvalue weighted by atomic mass is 35.5. The molecule has 0 atom stereocenters. The molecule has 6 nitrogen and oxygen atoms in total. The van der Waals surface area contributed by atoms with E-state index in [9.17, 15) is 9.59 Å². The molecule has 1 amide bonds. The average molecular weight is 429 g/mol. The lowest BCUT2D eigenvalue weighted by atomic mass is 10.1. The van der Waals surface area contributed by atoms with E-state index in [0.29, 0.717) is 6.61 Å². The van der Waals surface area contributed by atoms with Crippen LogP contribution in [-0.2, 0) is 9.53 Å². The largest absolute Gasteiger partial charge is 0.489 e. The number of benzene rings is 1. The van der Waals surface area contributed by atoms with Gasteiger partial charge in [-0.2, -0.15) is 0 Å². The fourth-order valence-electron chi connectivity index (χ4n) is 2.36. The normalized spacial score (nSPS) is 10.5. The number of esters is 1. The molecule has 0 fully saturated rings. The van der Waals surface area contributed by atoms with E-state index in [1.807, 2.05) is 6.92 Å². The molecule has 2 aromatic rings. The average Bonchev–Trinajstić information content (AvgIpc) is 2.65. The molecule has 0 spiro atoms. The molecule has 1 N–H and O–H groups in total. The highest BCUT2D eigenvalue weighted by Gasteiger charge is 2.22. The van der Waals surface area contributed by atoms with Gasteiger partial charge in [0.1, 0.15) is 0 Å². The van der Waals surface area contributed by atoms with Gasteiger partial charge in [-0.25, -0.2) is 14.2 Å². The van der Waals surface area contributed by atoms with Gasteiger partial charge >= 0.3 is 5.97 Å². The van der Waals surface area contributed by atoms with Gasteiger partial charge in [-0.1, -0.05) is 36.5 Å². The minimum absolute atomic E-state index is 0.0318. The summed E-state index contributed by atoms with van der Waals surface area (Å²) in [5.74, 6) is -2.09. The number of carbonyl (C=O) groups excluding carboxylic acids is 2. The van der Waals surface area contributed by atoms with Crippen molar-refractivity contribution >= 4 is 40.8 Å². The van der Waals surface area contributed by atoms with Crippen LogP contribution in [0.4, 0.5) is 10.1 Å². The number of aromatic nitrogens is 1. The molecular weight excluding hydrogens is 410 g/mol. The number of carbonyl (C=O) groups is 2. The molecule has 0 saturated carbocycles. The number of unbranched alkanes of at least 4 members (excludes halogenated alkanes) is 1. The smallest absolute Gasteiger partial charge is 0.358 e. The van der Waals surface area contributed by atoms with Gasteiger partial charge in [0.05, 0.1) is 35.1 Å². The summed E-state index contributed by atoms with van der Waals surface area (Å²) in [7, 11) is 1.16. The first kappa shape index (κ1) is 21.9. The Morgan fingerprint density at radius 1 is 1.29 bits per heavy atom. The summed E-state index contributed by atoms with van der Waals surface area (Å²) in [6.45, 7) is 3.55. The number of rotatable bonds is 7. The first-order valence-electron chi connectivity index (χ1n) is 8.47. The number of nitrogens with one attached hydrogen (secondary N) is 1. The van der Waals surface area contributed by atoms with Crippen LogP contribution >= 0.6 is 23.2 Å². The van der Waals surface area contributed by atoms with Crippen LogP contribution in [0.15, 0.2) is 18.2 Å². The van der Waals surface area contributed by atoms with Crippen molar-refractivity contribution in [3.05, 3.63) is 39.8 Å². The second kappa shape index (κ2) is 9.71. The fraction of sp³-hybridized carbons (Fsp3) is 0.316. The predicted molar refractivity (Wildman–Crippen MR) is 106 cm³/mol. The van der Waals surface area contributed by atoms with Crippen LogP contribution < -0.4 is 10.1 Å². The number of pyridine rings is 1. The van der Waals surface area contributed by atoms with Crippen molar-refractivity contribution in [3.63, 3.8) is 0 Å². The van der Waals surface area contributed by atoms with E-state index in [-0.39, 0.29) is 38.4 Å². The van der Waals surface area contributed by atoms with Crippen molar-refractivity contribution in [2.75, 3.05) is 19.0 Å². The monoisotopic (exact) mass is 428 g/mol. The molecule has 150 valence electrons. The van der Waals surface area contributed by atoms with E-state index in [1.54, 1.807) is 0 Å². The maximum absolute atomic E-state index is 15.1. The first-order valence-corrected chi connectivity index (χ1v) is 9.23. The summed E-state index contributed by atoms with van der Waals surface area (Å²) < 4.78 is 25.2. The highest BCUT2D eigenvalue weighted by Crippen LogP contribution is 2.37. The molecule has 0 aliphatic rings. The van der Waals surface area contributed by atoms with Crippen LogP contribution in [0.25, 0.3) is 11.3 Å². The summed E-state index contributed by atoms with van der Waals surface area (Å²) in [6, 6.07) is 4.23. The third-order valence-corrected chi connectivity index (χ3v) is 4.40. The van der Waals surface area contributed by atoms with Crippen LogP contribution in [0.5, 0.6) is 5.75 Å². The minimum atomic E-state index is -0.827. The quantitative estimate of drug-likeness (QED) is 0.489. The number of hydrogen-bond donors (Lipinski definition) is 1. The van der Waals surface area contributed by atoms with E-state index in [0.717, 1.165) is 20.0 Å². The molecule has 0 aliphatic carbocycles. The van der Waals surface area contributed by atoms with Gasteiger partial charge in [-0.15, -0.1) is 0 Å². The molecular formula is C19H19Cl2FN2O4. The first-order chi connectivity index (χ1) is 13.3. The van der Waals surface area contributed by atoms with Crippen LogP contribution in [-0.4, -0.2) is 30.6 Å². The summed E-state index contributed by atoms with van der Waals surface area (Å²) in [4.78, 5) is 27.6. The van der Waals surface area contributed by atoms with Crippen molar-refractivity contribution in [1.82, 2.24) is 4.98 Å². The van der Waals surface area contributed by atoms with Crippen molar-refractivity contribution in [2.45, 2.75) is 26.7 Å². The molecule has 0 saturated heterocycles. The molecule has 0 aliphatic heterocycles. The molecule has 0 bridgehead atoms. The Bertz CT molecular complexity index is 906. The molecule has 28 heavy (non-hydrogen) atoms. The zero-order valence-electron chi connectivity index (χ0n) is 15.6. The lowest BCUT2D eigenvalue weighted by molar-refractivity contribution is -0.114. The summed E-state index contributed by atoms with van der Waals surface area (Å²) >= 11 is 12.2. The number of nitrogens with zero attached hydrogens (tertiary/aromatic N) is 1. The van der Waals surface area contributed by atoms with Crippen molar-refractivity contribution in [3.8, 4) is 17.0 Å². The fourth-order valence-corrected chi connectivity index (χ4v) is 2.78. The Labute approximate surface area is 171 Å². The van der Waals surface area contributed by atoms with Crippen molar-refractivity contribution in [2.24, 2.45) is 0 Å². The third kappa shape index (κ3) is 4.91. The van der Waals surface area contributed by atoms with Crippen LogP contribution in [0, 0.1) is 5.82 Å². The maximum Gasteiger partial charge on any atom is 0.358 e. The van der Waals surface area contributed by atoms with Gasteiger partial charge in [0.15, 0.2) is 17.3 Å². The van der Waals surface area contributed by atoms with E-state index in [2.05, 4.69) is 15.0 Å². The summed E-state index contributed by atoms with van der Waals surface area (Å²) in [5, 5.41) is 2.49. The van der Waals surface area contributed by atoms with E-state index in [4.69, 9.17) is 27.9 Å². The van der Waals surface area contributed by atoms with Crippen LogP contribution in [0.3, 0.4) is 0 Å². The van der Waals surface area contributed by atoms with E-state index in [1.165, 1.54) is 25.1 Å². The molecule has 1 heterocycles. The number of amides is 1. The van der Waals surface area contributed by atoms with E-state index < -0.39 is 17.7 Å². The summed E-state index contributed by atoms with van der Waals surface area (Å²) in [5.41, 5.74) is -0.0667. The molecule has 1 aromatic carbocycles. The highest BCUT2D eigenvalue weighted by molar-refractivity contribution is 6.36.